The summed E-state index contributed by atoms with van der Waals surface area (Å²) in [4.78, 5) is 12.0. The van der Waals surface area contributed by atoms with Crippen LogP contribution in [0.1, 0.15) is 6.92 Å². The van der Waals surface area contributed by atoms with E-state index in [2.05, 4.69) is 5.92 Å². The number of hydrogen-bond donors (Lipinski definition) is 2. The van der Waals surface area contributed by atoms with Crippen LogP contribution in [0.25, 0.3) is 0 Å². The second-order valence-electron chi connectivity index (χ2n) is 3.06. The molecule has 1 unspecified atom stereocenters. The summed E-state index contributed by atoms with van der Waals surface area (Å²) in [5, 5.41) is 17.3. The van der Waals surface area contributed by atoms with Gasteiger partial charge in [-0.05, 0) is 5.92 Å². The Labute approximate surface area is 78.2 Å². The molecule has 0 aromatic rings. The van der Waals surface area contributed by atoms with Gasteiger partial charge >= 0.3 is 5.97 Å². The van der Waals surface area contributed by atoms with E-state index in [-0.39, 0.29) is 19.1 Å². The summed E-state index contributed by atoms with van der Waals surface area (Å²) in [6.07, 6.45) is 5.08. The van der Waals surface area contributed by atoms with Gasteiger partial charge in [0.2, 0.25) is 0 Å². The summed E-state index contributed by atoms with van der Waals surface area (Å²) in [6, 6.07) is 0. The number of aliphatic hydroxyl groups is 1. The standard InChI is InChI=1S/C9H15NO3/c1-3-4-10(6-9(12)13)5-8(2)7-11/h1,8,11H,4-7H2,2H3,(H,12,13). The maximum atomic E-state index is 10.4. The number of rotatable bonds is 6. The molecule has 0 aromatic carbocycles. The van der Waals surface area contributed by atoms with Crippen LogP contribution in [0.3, 0.4) is 0 Å². The molecule has 74 valence electrons. The Hall–Kier alpha value is -1.05. The highest BCUT2D eigenvalue weighted by atomic mass is 16.4. The summed E-state index contributed by atoms with van der Waals surface area (Å²) in [5.41, 5.74) is 0. The van der Waals surface area contributed by atoms with Gasteiger partial charge in [-0.1, -0.05) is 12.8 Å². The van der Waals surface area contributed by atoms with E-state index in [0.717, 1.165) is 0 Å². The Kier molecular flexibility index (Phi) is 5.94. The Morgan fingerprint density at radius 1 is 1.69 bits per heavy atom. The van der Waals surface area contributed by atoms with E-state index >= 15 is 0 Å². The van der Waals surface area contributed by atoms with Crippen molar-refractivity contribution in [1.29, 1.82) is 0 Å². The first-order valence-electron chi connectivity index (χ1n) is 4.08. The summed E-state index contributed by atoms with van der Waals surface area (Å²) in [5.74, 6) is 1.53. The zero-order valence-electron chi connectivity index (χ0n) is 7.73. The third-order valence-corrected chi connectivity index (χ3v) is 1.56. The van der Waals surface area contributed by atoms with Crippen molar-refractivity contribution < 1.29 is 15.0 Å². The molecule has 4 nitrogen and oxygen atoms in total. The molecule has 0 aliphatic carbocycles. The quantitative estimate of drug-likeness (QED) is 0.554. The van der Waals surface area contributed by atoms with E-state index in [1.54, 1.807) is 4.90 Å². The van der Waals surface area contributed by atoms with E-state index in [9.17, 15) is 4.79 Å². The molecule has 0 aliphatic heterocycles. The van der Waals surface area contributed by atoms with Gasteiger partial charge in [0.1, 0.15) is 0 Å². The first-order valence-corrected chi connectivity index (χ1v) is 4.08. The molecule has 0 aromatic heterocycles. The molecule has 0 saturated heterocycles. The predicted molar refractivity (Wildman–Crippen MR) is 49.2 cm³/mol. The predicted octanol–water partition coefficient (Wildman–Crippen LogP) is -0.365. The average molecular weight is 185 g/mol. The van der Waals surface area contributed by atoms with Crippen LogP contribution in [0.2, 0.25) is 0 Å². The van der Waals surface area contributed by atoms with Crippen LogP contribution < -0.4 is 0 Å². The molecule has 0 aliphatic rings. The summed E-state index contributed by atoms with van der Waals surface area (Å²) in [6.45, 7) is 2.62. The fourth-order valence-electron chi connectivity index (χ4n) is 1.00. The second-order valence-corrected chi connectivity index (χ2v) is 3.06. The maximum absolute atomic E-state index is 10.4. The first kappa shape index (κ1) is 11.9. The lowest BCUT2D eigenvalue weighted by molar-refractivity contribution is -0.138. The molecular weight excluding hydrogens is 170 g/mol. The molecule has 0 fully saturated rings. The molecule has 2 N–H and O–H groups in total. The van der Waals surface area contributed by atoms with Crippen LogP contribution in [0, 0.1) is 18.3 Å². The molecule has 4 heteroatoms. The molecule has 0 heterocycles. The normalized spacial score (nSPS) is 12.5. The van der Waals surface area contributed by atoms with Crippen LogP contribution in [0.15, 0.2) is 0 Å². The number of carboxylic acid groups (broad SMARTS) is 1. The zero-order chi connectivity index (χ0) is 10.3. The van der Waals surface area contributed by atoms with Crippen LogP contribution in [0.4, 0.5) is 0 Å². The van der Waals surface area contributed by atoms with Gasteiger partial charge < -0.3 is 10.2 Å². The van der Waals surface area contributed by atoms with Crippen molar-refractivity contribution in [3.63, 3.8) is 0 Å². The van der Waals surface area contributed by atoms with Crippen molar-refractivity contribution in [2.24, 2.45) is 5.92 Å². The number of terminal acetylenes is 1. The topological polar surface area (TPSA) is 60.8 Å². The van der Waals surface area contributed by atoms with Crippen LogP contribution in [-0.2, 0) is 4.79 Å². The van der Waals surface area contributed by atoms with Crippen LogP contribution >= 0.6 is 0 Å². The van der Waals surface area contributed by atoms with Crippen LogP contribution in [-0.4, -0.2) is 47.3 Å². The number of carboxylic acids is 1. The van der Waals surface area contributed by atoms with Gasteiger partial charge in [0.15, 0.2) is 0 Å². The summed E-state index contributed by atoms with van der Waals surface area (Å²) in [7, 11) is 0. The van der Waals surface area contributed by atoms with Crippen molar-refractivity contribution in [1.82, 2.24) is 4.90 Å². The van der Waals surface area contributed by atoms with E-state index in [1.807, 2.05) is 6.92 Å². The molecule has 0 radical (unpaired) electrons. The van der Waals surface area contributed by atoms with E-state index in [1.165, 1.54) is 0 Å². The largest absolute Gasteiger partial charge is 0.480 e. The minimum atomic E-state index is -0.902. The molecule has 0 rings (SSSR count). The number of aliphatic carboxylic acids is 1. The molecule has 0 saturated carbocycles. The fraction of sp³-hybridized carbons (Fsp3) is 0.667. The molecular formula is C9H15NO3. The molecule has 0 bridgehead atoms. The average Bonchev–Trinajstić information content (AvgIpc) is 2.03. The number of aliphatic hydroxyl groups excluding tert-OH is 1. The monoisotopic (exact) mass is 185 g/mol. The lowest BCUT2D eigenvalue weighted by atomic mass is 10.2. The second kappa shape index (κ2) is 6.46. The third-order valence-electron chi connectivity index (χ3n) is 1.56. The minimum absolute atomic E-state index is 0.0424. The van der Waals surface area contributed by atoms with Crippen LogP contribution in [0.5, 0.6) is 0 Å². The van der Waals surface area contributed by atoms with Crippen molar-refractivity contribution in [3.05, 3.63) is 0 Å². The highest BCUT2D eigenvalue weighted by molar-refractivity contribution is 5.69. The fourth-order valence-corrected chi connectivity index (χ4v) is 1.00. The summed E-state index contributed by atoms with van der Waals surface area (Å²) < 4.78 is 0. The molecule has 13 heavy (non-hydrogen) atoms. The zero-order valence-corrected chi connectivity index (χ0v) is 7.73. The summed E-state index contributed by atoms with van der Waals surface area (Å²) >= 11 is 0. The lowest BCUT2D eigenvalue weighted by Crippen LogP contribution is -2.34. The molecule has 1 atom stereocenters. The first-order chi connectivity index (χ1) is 6.10. The van der Waals surface area contributed by atoms with Gasteiger partial charge in [0.05, 0.1) is 13.1 Å². The Bertz CT molecular complexity index is 198. The minimum Gasteiger partial charge on any atom is -0.480 e. The highest BCUT2D eigenvalue weighted by Gasteiger charge is 2.11. The van der Waals surface area contributed by atoms with E-state index in [4.69, 9.17) is 16.6 Å². The van der Waals surface area contributed by atoms with Gasteiger partial charge in [-0.25, -0.2) is 0 Å². The van der Waals surface area contributed by atoms with E-state index < -0.39 is 5.97 Å². The van der Waals surface area contributed by atoms with Gasteiger partial charge in [-0.2, -0.15) is 0 Å². The third kappa shape index (κ3) is 6.14. The van der Waals surface area contributed by atoms with Gasteiger partial charge in [0, 0.05) is 13.2 Å². The smallest absolute Gasteiger partial charge is 0.317 e. The lowest BCUT2D eigenvalue weighted by Gasteiger charge is -2.20. The highest BCUT2D eigenvalue weighted by Crippen LogP contribution is 1.97. The van der Waals surface area contributed by atoms with Gasteiger partial charge in [-0.3, -0.25) is 9.69 Å². The molecule has 0 amide bonds. The van der Waals surface area contributed by atoms with Crippen molar-refractivity contribution in [3.8, 4) is 12.3 Å². The Morgan fingerprint density at radius 3 is 2.69 bits per heavy atom. The molecule has 0 spiro atoms. The number of carbonyl (C=O) groups is 1. The Balaban J connectivity index is 3.94. The Morgan fingerprint density at radius 2 is 2.31 bits per heavy atom. The SMILES string of the molecule is C#CCN(CC(=O)O)CC(C)CO. The van der Waals surface area contributed by atoms with Gasteiger partial charge in [-0.15, -0.1) is 6.42 Å². The number of nitrogens with zero attached hydrogens (tertiary/aromatic N) is 1. The maximum Gasteiger partial charge on any atom is 0.317 e. The van der Waals surface area contributed by atoms with Crippen molar-refractivity contribution >= 4 is 5.97 Å². The number of hydrogen-bond acceptors (Lipinski definition) is 3. The van der Waals surface area contributed by atoms with Gasteiger partial charge in [0.25, 0.3) is 0 Å². The van der Waals surface area contributed by atoms with E-state index in [0.29, 0.717) is 13.1 Å². The van der Waals surface area contributed by atoms with Crippen molar-refractivity contribution in [2.75, 3.05) is 26.2 Å². The van der Waals surface area contributed by atoms with Crippen molar-refractivity contribution in [2.45, 2.75) is 6.92 Å².